The summed E-state index contributed by atoms with van der Waals surface area (Å²) < 4.78 is 17.1. The van der Waals surface area contributed by atoms with Gasteiger partial charge in [-0.3, -0.25) is 9.69 Å². The van der Waals surface area contributed by atoms with Gasteiger partial charge in [0.2, 0.25) is 5.91 Å². The third kappa shape index (κ3) is 5.41. The Kier molecular flexibility index (Phi) is 7.36. The van der Waals surface area contributed by atoms with Gasteiger partial charge in [-0.15, -0.1) is 0 Å². The highest BCUT2D eigenvalue weighted by Gasteiger charge is 2.21. The average Bonchev–Trinajstić information content (AvgIpc) is 2.70. The molecule has 29 heavy (non-hydrogen) atoms. The fourth-order valence-corrected chi connectivity index (χ4v) is 3.54. The number of anilines is 1. The van der Waals surface area contributed by atoms with Crippen LogP contribution < -0.4 is 19.5 Å². The summed E-state index contributed by atoms with van der Waals surface area (Å²) >= 11 is 0. The first-order valence-electron chi connectivity index (χ1n) is 10.3. The van der Waals surface area contributed by atoms with Gasteiger partial charge in [-0.05, 0) is 62.6 Å². The summed E-state index contributed by atoms with van der Waals surface area (Å²) in [4.78, 5) is 14.8. The van der Waals surface area contributed by atoms with Gasteiger partial charge in [0.25, 0.3) is 0 Å². The Hall–Kier alpha value is -2.73. The van der Waals surface area contributed by atoms with Gasteiger partial charge in [0, 0.05) is 13.1 Å². The van der Waals surface area contributed by atoms with Gasteiger partial charge in [0.05, 0.1) is 32.1 Å². The largest absolute Gasteiger partial charge is 0.492 e. The minimum atomic E-state index is -0.0448. The van der Waals surface area contributed by atoms with Crippen LogP contribution in [-0.4, -0.2) is 43.7 Å². The van der Waals surface area contributed by atoms with Gasteiger partial charge in [0.15, 0.2) is 11.5 Å². The Balaban J connectivity index is 1.66. The summed E-state index contributed by atoms with van der Waals surface area (Å²) in [5, 5.41) is 2.97. The summed E-state index contributed by atoms with van der Waals surface area (Å²) in [6, 6.07) is 11.6. The molecule has 2 aromatic carbocycles. The highest BCUT2D eigenvalue weighted by Crippen LogP contribution is 2.34. The summed E-state index contributed by atoms with van der Waals surface area (Å²) in [5.41, 5.74) is 3.15. The maximum Gasteiger partial charge on any atom is 0.238 e. The second kappa shape index (κ2) is 10.2. The first-order valence-corrected chi connectivity index (χ1v) is 10.3. The number of ether oxygens (including phenoxy) is 3. The van der Waals surface area contributed by atoms with Crippen LogP contribution in [-0.2, 0) is 17.8 Å². The predicted octanol–water partition coefficient (Wildman–Crippen LogP) is 3.88. The lowest BCUT2D eigenvalue weighted by atomic mass is 9.98. The number of nitrogens with one attached hydrogen (secondary N) is 1. The first-order chi connectivity index (χ1) is 14.1. The molecule has 0 spiro atoms. The van der Waals surface area contributed by atoms with Crippen molar-refractivity contribution in [3.8, 4) is 17.2 Å². The third-order valence-corrected chi connectivity index (χ3v) is 4.79. The quantitative estimate of drug-likeness (QED) is 0.695. The maximum absolute atomic E-state index is 12.6. The normalized spacial score (nSPS) is 13.5. The minimum Gasteiger partial charge on any atom is -0.492 e. The molecule has 0 aliphatic carbocycles. The van der Waals surface area contributed by atoms with E-state index in [9.17, 15) is 4.79 Å². The molecular formula is C23H30N2O4. The lowest BCUT2D eigenvalue weighted by Gasteiger charge is -2.29. The van der Waals surface area contributed by atoms with Crippen molar-refractivity contribution in [1.29, 1.82) is 0 Å². The van der Waals surface area contributed by atoms with Gasteiger partial charge in [-0.2, -0.15) is 0 Å². The highest BCUT2D eigenvalue weighted by molar-refractivity contribution is 5.93. The molecule has 156 valence electrons. The fourth-order valence-electron chi connectivity index (χ4n) is 3.54. The molecule has 6 heteroatoms. The molecule has 0 atom stereocenters. The van der Waals surface area contributed by atoms with E-state index in [1.165, 1.54) is 11.1 Å². The maximum atomic E-state index is 12.6. The van der Waals surface area contributed by atoms with E-state index in [0.29, 0.717) is 44.3 Å². The zero-order chi connectivity index (χ0) is 20.6. The molecule has 0 saturated heterocycles. The summed E-state index contributed by atoms with van der Waals surface area (Å²) in [7, 11) is 0. The van der Waals surface area contributed by atoms with Crippen molar-refractivity contribution in [2.24, 2.45) is 0 Å². The van der Waals surface area contributed by atoms with Gasteiger partial charge < -0.3 is 19.5 Å². The van der Waals surface area contributed by atoms with Gasteiger partial charge in [-0.1, -0.05) is 12.1 Å². The van der Waals surface area contributed by atoms with Crippen molar-refractivity contribution >= 4 is 11.6 Å². The lowest BCUT2D eigenvalue weighted by Crippen LogP contribution is -2.37. The van der Waals surface area contributed by atoms with E-state index in [4.69, 9.17) is 14.2 Å². The number of carbonyl (C=O) groups excluding carboxylic acids is 1. The van der Waals surface area contributed by atoms with Gasteiger partial charge in [-0.25, -0.2) is 0 Å². The summed E-state index contributed by atoms with van der Waals surface area (Å²) in [6.45, 7) is 9.48. The monoisotopic (exact) mass is 398 g/mol. The number of para-hydroxylation sites is 2. The second-order valence-electron chi connectivity index (χ2n) is 6.87. The molecule has 0 fully saturated rings. The number of hydrogen-bond acceptors (Lipinski definition) is 5. The molecule has 3 rings (SSSR count). The van der Waals surface area contributed by atoms with E-state index in [0.717, 1.165) is 24.5 Å². The van der Waals surface area contributed by atoms with E-state index < -0.39 is 0 Å². The molecule has 2 aromatic rings. The number of benzene rings is 2. The standard InChI is InChI=1S/C23H30N2O4/c1-4-27-20-10-8-7-9-19(20)24-23(26)16-25-12-11-17-13-21(28-5-2)22(29-6-3)14-18(17)15-25/h7-10,13-14H,4-6,11-12,15-16H2,1-3H3,(H,24,26). The number of fused-ring (bicyclic) bond motifs is 1. The molecule has 1 aliphatic rings. The molecule has 1 amide bonds. The van der Waals surface area contributed by atoms with Crippen LogP contribution in [0.4, 0.5) is 5.69 Å². The molecule has 0 saturated carbocycles. The highest BCUT2D eigenvalue weighted by atomic mass is 16.5. The molecule has 1 heterocycles. The summed E-state index contributed by atoms with van der Waals surface area (Å²) in [6.07, 6.45) is 0.880. The van der Waals surface area contributed by atoms with E-state index >= 15 is 0 Å². The Morgan fingerprint density at radius 2 is 1.55 bits per heavy atom. The molecule has 0 aromatic heterocycles. The summed E-state index contributed by atoms with van der Waals surface area (Å²) in [5.74, 6) is 2.21. The van der Waals surface area contributed by atoms with Crippen molar-refractivity contribution in [2.45, 2.75) is 33.7 Å². The Bertz CT molecular complexity index is 838. The van der Waals surface area contributed by atoms with Crippen LogP contribution in [0.1, 0.15) is 31.9 Å². The minimum absolute atomic E-state index is 0.0448. The predicted molar refractivity (Wildman–Crippen MR) is 114 cm³/mol. The molecule has 6 nitrogen and oxygen atoms in total. The number of hydrogen-bond donors (Lipinski definition) is 1. The first kappa shape index (κ1) is 21.0. The van der Waals surface area contributed by atoms with Gasteiger partial charge >= 0.3 is 0 Å². The SMILES string of the molecule is CCOc1ccccc1NC(=O)CN1CCc2cc(OCC)c(OCC)cc2C1. The van der Waals surface area contributed by atoms with E-state index in [-0.39, 0.29) is 5.91 Å². The van der Waals surface area contributed by atoms with Crippen molar-refractivity contribution in [3.05, 3.63) is 47.5 Å². The van der Waals surface area contributed by atoms with Crippen LogP contribution in [0.15, 0.2) is 36.4 Å². The van der Waals surface area contributed by atoms with E-state index in [1.54, 1.807) is 0 Å². The Labute approximate surface area is 172 Å². The van der Waals surface area contributed by atoms with Crippen molar-refractivity contribution in [1.82, 2.24) is 4.90 Å². The Morgan fingerprint density at radius 3 is 2.24 bits per heavy atom. The molecule has 0 bridgehead atoms. The van der Waals surface area contributed by atoms with Crippen LogP contribution in [0.3, 0.4) is 0 Å². The molecule has 0 radical (unpaired) electrons. The molecule has 1 N–H and O–H groups in total. The zero-order valence-corrected chi connectivity index (χ0v) is 17.5. The molecule has 1 aliphatic heterocycles. The van der Waals surface area contributed by atoms with Crippen LogP contribution in [0.2, 0.25) is 0 Å². The lowest BCUT2D eigenvalue weighted by molar-refractivity contribution is -0.117. The van der Waals surface area contributed by atoms with Crippen molar-refractivity contribution < 1.29 is 19.0 Å². The Morgan fingerprint density at radius 1 is 0.931 bits per heavy atom. The number of rotatable bonds is 9. The number of amides is 1. The second-order valence-corrected chi connectivity index (χ2v) is 6.87. The van der Waals surface area contributed by atoms with Crippen LogP contribution in [0.5, 0.6) is 17.2 Å². The molecule has 0 unspecified atom stereocenters. The van der Waals surface area contributed by atoms with Crippen LogP contribution >= 0.6 is 0 Å². The third-order valence-electron chi connectivity index (χ3n) is 4.79. The van der Waals surface area contributed by atoms with Crippen molar-refractivity contribution in [2.75, 3.05) is 38.2 Å². The van der Waals surface area contributed by atoms with E-state index in [1.807, 2.05) is 45.0 Å². The van der Waals surface area contributed by atoms with Crippen molar-refractivity contribution in [3.63, 3.8) is 0 Å². The van der Waals surface area contributed by atoms with Gasteiger partial charge in [0.1, 0.15) is 5.75 Å². The molecular weight excluding hydrogens is 368 g/mol. The average molecular weight is 399 g/mol. The van der Waals surface area contributed by atoms with Crippen LogP contribution in [0, 0.1) is 0 Å². The number of nitrogens with zero attached hydrogens (tertiary/aromatic N) is 1. The smallest absolute Gasteiger partial charge is 0.238 e. The fraction of sp³-hybridized carbons (Fsp3) is 0.435. The number of carbonyl (C=O) groups is 1. The topological polar surface area (TPSA) is 60.0 Å². The van der Waals surface area contributed by atoms with E-state index in [2.05, 4.69) is 22.3 Å². The van der Waals surface area contributed by atoms with Crippen LogP contribution in [0.25, 0.3) is 0 Å². The zero-order valence-electron chi connectivity index (χ0n) is 17.5.